The molecule has 0 spiro atoms. The van der Waals surface area contributed by atoms with Gasteiger partial charge in [0.15, 0.2) is 12.4 Å². The summed E-state index contributed by atoms with van der Waals surface area (Å²) in [5, 5.41) is 31.3. The van der Waals surface area contributed by atoms with Crippen LogP contribution in [-0.4, -0.2) is 104 Å². The Morgan fingerprint density at radius 1 is 1.05 bits per heavy atom. The van der Waals surface area contributed by atoms with Crippen molar-refractivity contribution in [2.45, 2.75) is 88.6 Å². The van der Waals surface area contributed by atoms with Crippen LogP contribution in [0.4, 0.5) is 14.5 Å². The zero-order chi connectivity index (χ0) is 40.0. The third-order valence-electron chi connectivity index (χ3n) is 12.0. The van der Waals surface area contributed by atoms with Gasteiger partial charge in [-0.15, -0.1) is 0 Å². The second-order valence-corrected chi connectivity index (χ2v) is 16.2. The van der Waals surface area contributed by atoms with Crippen LogP contribution in [0.2, 0.25) is 0 Å². The lowest BCUT2D eigenvalue weighted by Crippen LogP contribution is -2.51. The predicted octanol–water partition coefficient (Wildman–Crippen LogP) is 4.19. The molecule has 3 N–H and O–H groups in total. The highest BCUT2D eigenvalue weighted by atomic mass is 19.1. The first-order valence-electron chi connectivity index (χ1n) is 19.7. The number of aromatic nitrogens is 2. The monoisotopic (exact) mass is 778 g/mol. The molecule has 5 heterocycles. The lowest BCUT2D eigenvalue weighted by molar-refractivity contribution is -0.479. The minimum atomic E-state index is -1.25. The quantitative estimate of drug-likeness (QED) is 0.216. The standard InChI is InChI=1S/C42H45F2N9O4/c1-42(2,57)32-20-35-27(19-36(32)47-41(56)31-10-12-52-23-26(21-45)22-46-39(31)52)24-53(49-35)29-5-3-28(4-6-29)51-15-13-50(14-16-51)11-9-25-17-33(43)38(34(44)18-25)30-7-8-37(54)48-40(30)55/h10,12,17-20,22-24,28-30,39,57H,3-9,11,13-16H2,1-2H3,(H-,47,48,54,55,56)/p+1/t28?,29?,30-,39?/m1/s1. The summed E-state index contributed by atoms with van der Waals surface area (Å²) in [4.78, 5) is 46.5. The van der Waals surface area contributed by atoms with Crippen molar-refractivity contribution in [3.05, 3.63) is 82.2 Å². The lowest BCUT2D eigenvalue weighted by atomic mass is 9.89. The molecule has 2 aromatic carbocycles. The number of anilines is 1. The van der Waals surface area contributed by atoms with Crippen molar-refractivity contribution in [3.8, 4) is 6.07 Å². The molecule has 2 saturated heterocycles. The van der Waals surface area contributed by atoms with E-state index in [0.29, 0.717) is 47.0 Å². The van der Waals surface area contributed by atoms with Crippen molar-refractivity contribution in [1.82, 2.24) is 24.9 Å². The van der Waals surface area contributed by atoms with Crippen LogP contribution in [0.1, 0.15) is 81.0 Å². The van der Waals surface area contributed by atoms with E-state index in [0.717, 1.165) is 62.8 Å². The number of piperidine rings is 1. The summed E-state index contributed by atoms with van der Waals surface area (Å²) in [6.45, 7) is 7.61. The number of benzene rings is 2. The Bertz CT molecular complexity index is 2280. The maximum Gasteiger partial charge on any atom is 0.282 e. The Morgan fingerprint density at radius 3 is 2.46 bits per heavy atom. The molecule has 13 nitrogen and oxygen atoms in total. The zero-order valence-electron chi connectivity index (χ0n) is 32.0. The van der Waals surface area contributed by atoms with E-state index < -0.39 is 41.1 Å². The van der Waals surface area contributed by atoms with Crippen molar-refractivity contribution in [1.29, 1.82) is 5.26 Å². The van der Waals surface area contributed by atoms with Crippen LogP contribution in [0, 0.1) is 23.0 Å². The number of piperazine rings is 1. The summed E-state index contributed by atoms with van der Waals surface area (Å²) in [6, 6.07) is 9.11. The molecule has 1 aromatic heterocycles. The lowest BCUT2D eigenvalue weighted by Gasteiger charge is -2.42. The third kappa shape index (κ3) is 7.94. The molecule has 3 fully saturated rings. The highest BCUT2D eigenvalue weighted by Crippen LogP contribution is 2.36. The maximum atomic E-state index is 15.0. The number of halogens is 2. The number of nitrogens with zero attached hydrogens (tertiary/aromatic N) is 7. The topological polar surface area (TPSA) is 159 Å². The Labute approximate surface area is 329 Å². The Balaban J connectivity index is 0.844. The minimum Gasteiger partial charge on any atom is -0.386 e. The number of aliphatic imine (C=N–C) groups is 1. The fraction of sp³-hybridized carbons (Fsp3) is 0.452. The van der Waals surface area contributed by atoms with E-state index in [4.69, 9.17) is 5.10 Å². The van der Waals surface area contributed by atoms with Gasteiger partial charge in [-0.25, -0.2) is 13.8 Å². The van der Waals surface area contributed by atoms with Gasteiger partial charge in [0.2, 0.25) is 11.8 Å². The molecule has 296 valence electrons. The fourth-order valence-electron chi connectivity index (χ4n) is 8.85. The van der Waals surface area contributed by atoms with E-state index >= 15 is 8.78 Å². The summed E-state index contributed by atoms with van der Waals surface area (Å²) >= 11 is 0. The van der Waals surface area contributed by atoms with E-state index in [-0.39, 0.29) is 30.4 Å². The van der Waals surface area contributed by atoms with Crippen molar-refractivity contribution in [2.75, 3.05) is 38.0 Å². The van der Waals surface area contributed by atoms with E-state index in [1.807, 2.05) is 23.0 Å². The molecule has 8 rings (SSSR count). The molecule has 5 aliphatic rings. The average molecular weight is 779 g/mol. The number of fused-ring (bicyclic) bond motifs is 2. The summed E-state index contributed by atoms with van der Waals surface area (Å²) in [5.74, 6) is -3.90. The summed E-state index contributed by atoms with van der Waals surface area (Å²) in [6.07, 6.45) is 12.7. The van der Waals surface area contributed by atoms with Gasteiger partial charge in [0.05, 0.1) is 29.3 Å². The van der Waals surface area contributed by atoms with Crippen LogP contribution < -0.4 is 10.6 Å². The van der Waals surface area contributed by atoms with Crippen molar-refractivity contribution in [3.63, 3.8) is 0 Å². The third-order valence-corrected chi connectivity index (χ3v) is 12.0. The van der Waals surface area contributed by atoms with Gasteiger partial charge in [-0.2, -0.15) is 14.9 Å². The Hall–Kier alpha value is -5.43. The molecule has 3 aromatic rings. The van der Waals surface area contributed by atoms with Crippen LogP contribution in [0.5, 0.6) is 0 Å². The molecule has 15 heteroatoms. The van der Waals surface area contributed by atoms with Crippen LogP contribution >= 0.6 is 0 Å². The van der Waals surface area contributed by atoms with Gasteiger partial charge in [0, 0.05) is 79.7 Å². The molecular formula is C42H46F2N9O4+. The predicted molar refractivity (Wildman–Crippen MR) is 208 cm³/mol. The first-order valence-corrected chi connectivity index (χ1v) is 19.7. The van der Waals surface area contributed by atoms with E-state index in [1.54, 1.807) is 36.9 Å². The molecule has 1 unspecified atom stereocenters. The first kappa shape index (κ1) is 38.4. The second kappa shape index (κ2) is 15.5. The van der Waals surface area contributed by atoms with Crippen molar-refractivity contribution >= 4 is 46.7 Å². The molecule has 2 atom stereocenters. The SMILES string of the molecule is CC(C)(O)c1cc2nn(C3CCC(N4CCN(CCc5cc(F)c([C@H]6CCC(=O)NC6=O)c(F)c5)CC4)CC3)cc2cc1NC(=O)C1=CC=[N+]2C=C(C#N)C=NC12. The van der Waals surface area contributed by atoms with E-state index in [9.17, 15) is 24.8 Å². The average Bonchev–Trinajstić information content (AvgIpc) is 3.81. The summed E-state index contributed by atoms with van der Waals surface area (Å²) < 4.78 is 33.8. The largest absolute Gasteiger partial charge is 0.386 e. The molecule has 0 bridgehead atoms. The van der Waals surface area contributed by atoms with Crippen LogP contribution in [0.15, 0.2) is 58.9 Å². The number of aliphatic hydroxyl groups is 1. The van der Waals surface area contributed by atoms with E-state index in [1.165, 1.54) is 18.3 Å². The zero-order valence-corrected chi connectivity index (χ0v) is 32.0. The number of carbonyl (C=O) groups is 3. The first-order chi connectivity index (χ1) is 27.3. The smallest absolute Gasteiger partial charge is 0.282 e. The highest BCUT2D eigenvalue weighted by molar-refractivity contribution is 6.08. The van der Waals surface area contributed by atoms with Gasteiger partial charge in [-0.3, -0.25) is 29.3 Å². The summed E-state index contributed by atoms with van der Waals surface area (Å²) in [7, 11) is 0. The van der Waals surface area contributed by atoms with Crippen LogP contribution in [-0.2, 0) is 26.4 Å². The second-order valence-electron chi connectivity index (χ2n) is 16.2. The molecular weight excluding hydrogens is 733 g/mol. The van der Waals surface area contributed by atoms with Crippen LogP contribution in [0.3, 0.4) is 0 Å². The van der Waals surface area contributed by atoms with Crippen molar-refractivity contribution < 1.29 is 32.8 Å². The normalized spacial score (nSPS) is 24.4. The number of carbonyl (C=O) groups excluding carboxylic acids is 3. The number of nitriles is 1. The van der Waals surface area contributed by atoms with Crippen LogP contribution in [0.25, 0.3) is 10.9 Å². The number of rotatable bonds is 9. The van der Waals surface area contributed by atoms with Gasteiger partial charge in [-0.05, 0) is 82.2 Å². The number of nitrogens with one attached hydrogen (secondary N) is 2. The molecule has 4 aliphatic heterocycles. The molecule has 1 aliphatic carbocycles. The van der Waals surface area contributed by atoms with Gasteiger partial charge in [0.1, 0.15) is 28.8 Å². The minimum absolute atomic E-state index is 0.0593. The molecule has 57 heavy (non-hydrogen) atoms. The number of imide groups is 1. The highest BCUT2D eigenvalue weighted by Gasteiger charge is 2.37. The molecule has 0 radical (unpaired) electrons. The summed E-state index contributed by atoms with van der Waals surface area (Å²) in [5.41, 5.74) is 1.66. The Morgan fingerprint density at radius 2 is 1.77 bits per heavy atom. The number of allylic oxidation sites excluding steroid dienone is 2. The number of amides is 3. The molecule has 3 amide bonds. The fourth-order valence-corrected chi connectivity index (χ4v) is 8.85. The van der Waals surface area contributed by atoms with Gasteiger partial charge < -0.3 is 15.3 Å². The maximum absolute atomic E-state index is 15.0. The van der Waals surface area contributed by atoms with Gasteiger partial charge in [-0.1, -0.05) is 0 Å². The van der Waals surface area contributed by atoms with Gasteiger partial charge in [0.25, 0.3) is 12.1 Å². The van der Waals surface area contributed by atoms with E-state index in [2.05, 4.69) is 31.5 Å². The van der Waals surface area contributed by atoms with Gasteiger partial charge >= 0.3 is 0 Å². The van der Waals surface area contributed by atoms with Crippen molar-refractivity contribution in [2.24, 2.45) is 4.99 Å². The number of hydrogen-bond acceptors (Lipinski definition) is 9. The Kier molecular flexibility index (Phi) is 10.4. The molecule has 1 saturated carbocycles. The number of hydrogen-bond donors (Lipinski definition) is 3.